The fraction of sp³-hybridized carbons (Fsp3) is 0.250. The zero-order chi connectivity index (χ0) is 10.7. The molecule has 0 spiro atoms. The van der Waals surface area contributed by atoms with Gasteiger partial charge in [0.25, 0.3) is 0 Å². The Morgan fingerprint density at radius 3 is 3.00 bits per heavy atom. The zero-order valence-electron chi connectivity index (χ0n) is 8.55. The molecule has 0 saturated heterocycles. The topological polar surface area (TPSA) is 46.3 Å². The number of furan rings is 1. The van der Waals surface area contributed by atoms with E-state index in [9.17, 15) is 5.11 Å². The Hall–Kier alpha value is -1.61. The second kappa shape index (κ2) is 4.28. The molecular formula is C12H13NO2. The molecule has 1 N–H and O–H groups in total. The maximum absolute atomic E-state index is 9.95. The summed E-state index contributed by atoms with van der Waals surface area (Å²) >= 11 is 0. The second-order valence-corrected chi connectivity index (χ2v) is 3.58. The summed E-state index contributed by atoms with van der Waals surface area (Å²) in [5, 5.41) is 9.95. The summed E-state index contributed by atoms with van der Waals surface area (Å²) in [5.41, 5.74) is 2.81. The molecule has 0 bridgehead atoms. The van der Waals surface area contributed by atoms with E-state index in [4.69, 9.17) is 4.42 Å². The predicted octanol–water partition coefficient (Wildman–Crippen LogP) is 2.26. The average Bonchev–Trinajstić information content (AvgIpc) is 2.70. The van der Waals surface area contributed by atoms with Crippen molar-refractivity contribution in [2.75, 3.05) is 0 Å². The van der Waals surface area contributed by atoms with Gasteiger partial charge < -0.3 is 9.52 Å². The van der Waals surface area contributed by atoms with Gasteiger partial charge in [-0.25, -0.2) is 0 Å². The van der Waals surface area contributed by atoms with E-state index in [0.717, 1.165) is 16.8 Å². The Morgan fingerprint density at radius 1 is 1.47 bits per heavy atom. The van der Waals surface area contributed by atoms with Crippen LogP contribution in [0.5, 0.6) is 0 Å². The highest BCUT2D eigenvalue weighted by Gasteiger charge is 2.09. The van der Waals surface area contributed by atoms with Crippen molar-refractivity contribution < 1.29 is 9.52 Å². The first-order chi connectivity index (χ1) is 7.25. The number of aromatic nitrogens is 1. The SMILES string of the molecule is Cc1cc(C(O)Cc2ccoc2)ccn1. The van der Waals surface area contributed by atoms with Crippen LogP contribution in [0.1, 0.15) is 22.9 Å². The zero-order valence-corrected chi connectivity index (χ0v) is 8.55. The van der Waals surface area contributed by atoms with Crippen LogP contribution in [0.15, 0.2) is 41.3 Å². The molecule has 78 valence electrons. The molecule has 3 nitrogen and oxygen atoms in total. The highest BCUT2D eigenvalue weighted by atomic mass is 16.3. The number of aliphatic hydroxyl groups is 1. The maximum Gasteiger partial charge on any atom is 0.0935 e. The molecule has 0 radical (unpaired) electrons. The van der Waals surface area contributed by atoms with Crippen LogP contribution in [-0.2, 0) is 6.42 Å². The number of pyridine rings is 1. The molecule has 0 amide bonds. The first-order valence-corrected chi connectivity index (χ1v) is 4.87. The standard InChI is InChI=1S/C12H13NO2/c1-9-6-11(2-4-13-9)12(14)7-10-3-5-15-8-10/h2-6,8,12,14H,7H2,1H3. The van der Waals surface area contributed by atoms with Gasteiger partial charge in [-0.15, -0.1) is 0 Å². The molecule has 0 saturated carbocycles. The van der Waals surface area contributed by atoms with E-state index in [1.807, 2.05) is 25.1 Å². The highest BCUT2D eigenvalue weighted by molar-refractivity contribution is 5.20. The Bertz CT molecular complexity index is 423. The van der Waals surface area contributed by atoms with Crippen molar-refractivity contribution >= 4 is 0 Å². The maximum atomic E-state index is 9.95. The van der Waals surface area contributed by atoms with Gasteiger partial charge in [-0.2, -0.15) is 0 Å². The van der Waals surface area contributed by atoms with Crippen molar-refractivity contribution in [1.82, 2.24) is 4.98 Å². The van der Waals surface area contributed by atoms with Crippen LogP contribution in [0.4, 0.5) is 0 Å². The Morgan fingerprint density at radius 2 is 2.33 bits per heavy atom. The smallest absolute Gasteiger partial charge is 0.0935 e. The lowest BCUT2D eigenvalue weighted by Gasteiger charge is -2.09. The summed E-state index contributed by atoms with van der Waals surface area (Å²) < 4.78 is 4.95. The molecule has 3 heteroatoms. The van der Waals surface area contributed by atoms with Crippen LogP contribution in [0.25, 0.3) is 0 Å². The Kier molecular flexibility index (Phi) is 2.83. The molecule has 2 rings (SSSR count). The summed E-state index contributed by atoms with van der Waals surface area (Å²) in [7, 11) is 0. The second-order valence-electron chi connectivity index (χ2n) is 3.58. The molecule has 1 unspecified atom stereocenters. The van der Waals surface area contributed by atoms with Gasteiger partial charge in [0, 0.05) is 18.3 Å². The third-order valence-corrected chi connectivity index (χ3v) is 2.31. The van der Waals surface area contributed by atoms with Crippen LogP contribution in [0.3, 0.4) is 0 Å². The fourth-order valence-corrected chi connectivity index (χ4v) is 1.52. The van der Waals surface area contributed by atoms with E-state index >= 15 is 0 Å². The van der Waals surface area contributed by atoms with Crippen molar-refractivity contribution in [2.45, 2.75) is 19.4 Å². The number of hydrogen-bond acceptors (Lipinski definition) is 3. The van der Waals surface area contributed by atoms with Gasteiger partial charge in [0.05, 0.1) is 18.6 Å². The molecule has 0 fully saturated rings. The third-order valence-electron chi connectivity index (χ3n) is 2.31. The van der Waals surface area contributed by atoms with Crippen molar-refractivity contribution in [3.8, 4) is 0 Å². The van der Waals surface area contributed by atoms with Crippen LogP contribution in [-0.4, -0.2) is 10.1 Å². The largest absolute Gasteiger partial charge is 0.472 e. The first kappa shape index (κ1) is 9.93. The number of aryl methyl sites for hydroxylation is 1. The van der Waals surface area contributed by atoms with Gasteiger partial charge in [0.15, 0.2) is 0 Å². The van der Waals surface area contributed by atoms with Crippen LogP contribution in [0.2, 0.25) is 0 Å². The van der Waals surface area contributed by atoms with E-state index in [1.165, 1.54) is 0 Å². The van der Waals surface area contributed by atoms with Gasteiger partial charge in [-0.05, 0) is 36.2 Å². The van der Waals surface area contributed by atoms with E-state index < -0.39 is 6.10 Å². The molecule has 2 aromatic rings. The monoisotopic (exact) mass is 203 g/mol. The van der Waals surface area contributed by atoms with Gasteiger partial charge in [-0.3, -0.25) is 4.98 Å². The Balaban J connectivity index is 2.11. The molecule has 0 aliphatic rings. The number of nitrogens with zero attached hydrogens (tertiary/aromatic N) is 1. The van der Waals surface area contributed by atoms with E-state index in [1.54, 1.807) is 18.7 Å². The van der Waals surface area contributed by atoms with Crippen molar-refractivity contribution in [3.63, 3.8) is 0 Å². The molecular weight excluding hydrogens is 190 g/mol. The Labute approximate surface area is 88.4 Å². The quantitative estimate of drug-likeness (QED) is 0.832. The van der Waals surface area contributed by atoms with Crippen molar-refractivity contribution in [3.05, 3.63) is 53.7 Å². The van der Waals surface area contributed by atoms with Crippen LogP contribution in [0, 0.1) is 6.92 Å². The molecule has 0 aliphatic carbocycles. The normalized spacial score (nSPS) is 12.7. The minimum atomic E-state index is -0.496. The van der Waals surface area contributed by atoms with Gasteiger partial charge >= 0.3 is 0 Å². The van der Waals surface area contributed by atoms with Gasteiger partial charge in [0.1, 0.15) is 0 Å². The molecule has 2 aromatic heterocycles. The van der Waals surface area contributed by atoms with E-state index in [0.29, 0.717) is 6.42 Å². The summed E-state index contributed by atoms with van der Waals surface area (Å²) in [5.74, 6) is 0. The van der Waals surface area contributed by atoms with Crippen molar-refractivity contribution in [1.29, 1.82) is 0 Å². The number of rotatable bonds is 3. The lowest BCUT2D eigenvalue weighted by Crippen LogP contribution is -2.01. The van der Waals surface area contributed by atoms with Crippen LogP contribution < -0.4 is 0 Å². The first-order valence-electron chi connectivity index (χ1n) is 4.87. The fourth-order valence-electron chi connectivity index (χ4n) is 1.52. The molecule has 1 atom stereocenters. The lowest BCUT2D eigenvalue weighted by molar-refractivity contribution is 0.178. The average molecular weight is 203 g/mol. The van der Waals surface area contributed by atoms with Crippen molar-refractivity contribution in [2.24, 2.45) is 0 Å². The van der Waals surface area contributed by atoms with E-state index in [2.05, 4.69) is 4.98 Å². The van der Waals surface area contributed by atoms with E-state index in [-0.39, 0.29) is 0 Å². The minimum absolute atomic E-state index is 0.496. The lowest BCUT2D eigenvalue weighted by atomic mass is 10.0. The predicted molar refractivity (Wildman–Crippen MR) is 56.3 cm³/mol. The molecule has 0 aromatic carbocycles. The molecule has 15 heavy (non-hydrogen) atoms. The summed E-state index contributed by atoms with van der Waals surface area (Å²) in [6.45, 7) is 1.91. The molecule has 0 aliphatic heterocycles. The summed E-state index contributed by atoms with van der Waals surface area (Å²) in [6.07, 6.45) is 5.05. The third kappa shape index (κ3) is 2.44. The molecule has 2 heterocycles. The summed E-state index contributed by atoms with van der Waals surface area (Å²) in [6, 6.07) is 5.58. The minimum Gasteiger partial charge on any atom is -0.472 e. The van der Waals surface area contributed by atoms with Gasteiger partial charge in [0.2, 0.25) is 0 Å². The summed E-state index contributed by atoms with van der Waals surface area (Å²) in [4.78, 5) is 4.09. The number of hydrogen-bond donors (Lipinski definition) is 1. The van der Waals surface area contributed by atoms with Crippen LogP contribution >= 0.6 is 0 Å². The number of aliphatic hydroxyl groups excluding tert-OH is 1. The van der Waals surface area contributed by atoms with Gasteiger partial charge in [-0.1, -0.05) is 0 Å². The highest BCUT2D eigenvalue weighted by Crippen LogP contribution is 2.18.